The maximum absolute atomic E-state index is 12.1. The summed E-state index contributed by atoms with van der Waals surface area (Å²) < 4.78 is 20.8. The summed E-state index contributed by atoms with van der Waals surface area (Å²) in [6.45, 7) is 7.38. The molecule has 0 aromatic heterocycles. The summed E-state index contributed by atoms with van der Waals surface area (Å²) in [7, 11) is 0. The first kappa shape index (κ1) is 17.9. The van der Waals surface area contributed by atoms with Gasteiger partial charge < -0.3 is 24.3 Å². The van der Waals surface area contributed by atoms with Crippen LogP contribution in [0.2, 0.25) is 0 Å². The molecule has 1 aromatic rings. The van der Waals surface area contributed by atoms with Crippen LogP contribution in [-0.2, 0) is 20.7 Å². The summed E-state index contributed by atoms with van der Waals surface area (Å²) in [6, 6.07) is 4.52. The van der Waals surface area contributed by atoms with E-state index >= 15 is 0 Å². The van der Waals surface area contributed by atoms with Gasteiger partial charge in [0.2, 0.25) is 6.79 Å². The Bertz CT molecular complexity index is 608. The molecule has 0 unspecified atom stereocenters. The first-order valence-corrected chi connectivity index (χ1v) is 7.83. The molecule has 2 rings (SSSR count). The van der Waals surface area contributed by atoms with Crippen molar-refractivity contribution in [1.29, 1.82) is 0 Å². The van der Waals surface area contributed by atoms with Gasteiger partial charge >= 0.3 is 12.1 Å². The summed E-state index contributed by atoms with van der Waals surface area (Å²) in [5, 5.41) is 2.57. The zero-order valence-electron chi connectivity index (χ0n) is 14.4. The third kappa shape index (κ3) is 5.04. The van der Waals surface area contributed by atoms with Gasteiger partial charge in [0.1, 0.15) is 11.6 Å². The fourth-order valence-corrected chi connectivity index (χ4v) is 2.19. The van der Waals surface area contributed by atoms with Crippen molar-refractivity contribution in [2.75, 3.05) is 13.4 Å². The zero-order chi connectivity index (χ0) is 17.7. The van der Waals surface area contributed by atoms with Gasteiger partial charge in [-0.25, -0.2) is 9.59 Å². The minimum atomic E-state index is -0.847. The number of esters is 1. The predicted molar refractivity (Wildman–Crippen MR) is 86.1 cm³/mol. The smallest absolute Gasteiger partial charge is 0.408 e. The summed E-state index contributed by atoms with van der Waals surface area (Å²) in [6.07, 6.45) is -0.407. The Morgan fingerprint density at radius 3 is 2.62 bits per heavy atom. The van der Waals surface area contributed by atoms with E-state index in [0.717, 1.165) is 5.56 Å². The SMILES string of the molecule is CCOC(=O)[C@H](Cc1ccc2c(c1)OCO2)NC(=O)OC(C)(C)C. The van der Waals surface area contributed by atoms with Crippen LogP contribution in [0.5, 0.6) is 11.5 Å². The van der Waals surface area contributed by atoms with Crippen molar-refractivity contribution in [1.82, 2.24) is 5.32 Å². The molecule has 132 valence electrons. The second-order valence-electron chi connectivity index (χ2n) is 6.34. The van der Waals surface area contributed by atoms with E-state index in [9.17, 15) is 9.59 Å². The van der Waals surface area contributed by atoms with Gasteiger partial charge in [0, 0.05) is 6.42 Å². The Balaban J connectivity index is 2.08. The monoisotopic (exact) mass is 337 g/mol. The third-order valence-electron chi connectivity index (χ3n) is 3.14. The van der Waals surface area contributed by atoms with Crippen molar-refractivity contribution < 1.29 is 28.5 Å². The van der Waals surface area contributed by atoms with Gasteiger partial charge in [0.25, 0.3) is 0 Å². The summed E-state index contributed by atoms with van der Waals surface area (Å²) in [4.78, 5) is 24.1. The van der Waals surface area contributed by atoms with E-state index in [-0.39, 0.29) is 19.8 Å². The third-order valence-corrected chi connectivity index (χ3v) is 3.14. The Labute approximate surface area is 141 Å². The molecule has 7 nitrogen and oxygen atoms in total. The number of carbonyl (C=O) groups is 2. The Kier molecular flexibility index (Phi) is 5.54. The topological polar surface area (TPSA) is 83.1 Å². The molecule has 24 heavy (non-hydrogen) atoms. The second-order valence-corrected chi connectivity index (χ2v) is 6.34. The number of carbonyl (C=O) groups excluding carboxylic acids is 2. The molecular weight excluding hydrogens is 314 g/mol. The summed E-state index contributed by atoms with van der Waals surface area (Å²) >= 11 is 0. The number of fused-ring (bicyclic) bond motifs is 1. The van der Waals surface area contributed by atoms with Crippen molar-refractivity contribution in [2.24, 2.45) is 0 Å². The van der Waals surface area contributed by atoms with Crippen LogP contribution in [0.1, 0.15) is 33.3 Å². The number of benzene rings is 1. The lowest BCUT2D eigenvalue weighted by atomic mass is 10.1. The molecule has 0 saturated heterocycles. The molecular formula is C17H23NO6. The summed E-state index contributed by atoms with van der Waals surface area (Å²) in [5.41, 5.74) is 0.163. The van der Waals surface area contributed by atoms with Crippen LogP contribution in [0.4, 0.5) is 4.79 Å². The average molecular weight is 337 g/mol. The standard InChI is InChI=1S/C17H23NO6/c1-5-21-15(19)12(18-16(20)24-17(2,3)4)8-11-6-7-13-14(9-11)23-10-22-13/h6-7,9,12H,5,8,10H2,1-4H3,(H,18,20)/t12-/m0/s1. The maximum atomic E-state index is 12.1. The minimum absolute atomic E-state index is 0.177. The molecule has 1 N–H and O–H groups in total. The highest BCUT2D eigenvalue weighted by Crippen LogP contribution is 2.32. The largest absolute Gasteiger partial charge is 0.464 e. The van der Waals surface area contributed by atoms with Crippen LogP contribution in [0.25, 0.3) is 0 Å². The molecule has 0 fully saturated rings. The molecule has 1 heterocycles. The molecule has 1 aliphatic rings. The lowest BCUT2D eigenvalue weighted by Gasteiger charge is -2.23. The Hall–Kier alpha value is -2.44. The fourth-order valence-electron chi connectivity index (χ4n) is 2.19. The van der Waals surface area contributed by atoms with Crippen molar-refractivity contribution in [3.8, 4) is 11.5 Å². The van der Waals surface area contributed by atoms with Gasteiger partial charge in [-0.3, -0.25) is 0 Å². The van der Waals surface area contributed by atoms with E-state index in [1.807, 2.05) is 6.07 Å². The first-order valence-electron chi connectivity index (χ1n) is 7.83. The van der Waals surface area contributed by atoms with E-state index < -0.39 is 23.7 Å². The van der Waals surface area contributed by atoms with Crippen LogP contribution in [0, 0.1) is 0 Å². The van der Waals surface area contributed by atoms with Crippen molar-refractivity contribution in [3.63, 3.8) is 0 Å². The quantitative estimate of drug-likeness (QED) is 0.831. The molecule has 0 radical (unpaired) electrons. The number of hydrogen-bond donors (Lipinski definition) is 1. The van der Waals surface area contributed by atoms with Crippen molar-refractivity contribution >= 4 is 12.1 Å². The Morgan fingerprint density at radius 2 is 1.96 bits per heavy atom. The van der Waals surface area contributed by atoms with E-state index in [2.05, 4.69) is 5.32 Å². The highest BCUT2D eigenvalue weighted by atomic mass is 16.7. The van der Waals surface area contributed by atoms with Gasteiger partial charge in [-0.15, -0.1) is 0 Å². The lowest BCUT2D eigenvalue weighted by Crippen LogP contribution is -2.45. The highest BCUT2D eigenvalue weighted by Gasteiger charge is 2.26. The van der Waals surface area contributed by atoms with Crippen LogP contribution in [-0.4, -0.2) is 37.1 Å². The highest BCUT2D eigenvalue weighted by molar-refractivity contribution is 5.81. The maximum Gasteiger partial charge on any atom is 0.408 e. The number of alkyl carbamates (subject to hydrolysis) is 1. The van der Waals surface area contributed by atoms with Gasteiger partial charge in [-0.05, 0) is 45.4 Å². The van der Waals surface area contributed by atoms with Crippen molar-refractivity contribution in [2.45, 2.75) is 45.8 Å². The van der Waals surface area contributed by atoms with Gasteiger partial charge in [0.15, 0.2) is 11.5 Å². The molecule has 0 bridgehead atoms. The minimum Gasteiger partial charge on any atom is -0.464 e. The number of rotatable bonds is 5. The Morgan fingerprint density at radius 1 is 1.25 bits per heavy atom. The van der Waals surface area contributed by atoms with Crippen LogP contribution < -0.4 is 14.8 Å². The molecule has 1 aliphatic heterocycles. The number of nitrogens with one attached hydrogen (secondary N) is 1. The van der Waals surface area contributed by atoms with Crippen LogP contribution in [0.15, 0.2) is 18.2 Å². The molecule has 1 amide bonds. The molecule has 0 spiro atoms. The number of ether oxygens (including phenoxy) is 4. The predicted octanol–water partition coefficient (Wildman–Crippen LogP) is 2.41. The van der Waals surface area contributed by atoms with E-state index in [4.69, 9.17) is 18.9 Å². The zero-order valence-corrected chi connectivity index (χ0v) is 14.4. The van der Waals surface area contributed by atoms with Crippen LogP contribution >= 0.6 is 0 Å². The fraction of sp³-hybridized carbons (Fsp3) is 0.529. The van der Waals surface area contributed by atoms with E-state index in [1.165, 1.54) is 0 Å². The van der Waals surface area contributed by atoms with E-state index in [0.29, 0.717) is 11.5 Å². The normalized spacial score (nSPS) is 14.0. The first-order chi connectivity index (χ1) is 11.3. The second kappa shape index (κ2) is 7.42. The van der Waals surface area contributed by atoms with E-state index in [1.54, 1.807) is 39.8 Å². The molecule has 0 aliphatic carbocycles. The van der Waals surface area contributed by atoms with Gasteiger partial charge in [-0.1, -0.05) is 6.07 Å². The average Bonchev–Trinajstić information content (AvgIpc) is 2.92. The molecule has 0 saturated carbocycles. The van der Waals surface area contributed by atoms with Crippen LogP contribution in [0.3, 0.4) is 0 Å². The van der Waals surface area contributed by atoms with Gasteiger partial charge in [-0.2, -0.15) is 0 Å². The van der Waals surface area contributed by atoms with Crippen molar-refractivity contribution in [3.05, 3.63) is 23.8 Å². The molecule has 7 heteroatoms. The number of amides is 1. The summed E-state index contributed by atoms with van der Waals surface area (Å²) in [5.74, 6) is 0.764. The molecule has 1 atom stereocenters. The van der Waals surface area contributed by atoms with Gasteiger partial charge in [0.05, 0.1) is 6.61 Å². The lowest BCUT2D eigenvalue weighted by molar-refractivity contribution is -0.145. The number of hydrogen-bond acceptors (Lipinski definition) is 6. The molecule has 1 aromatic carbocycles.